The fourth-order valence-electron chi connectivity index (χ4n) is 1.23. The fraction of sp³-hybridized carbons (Fsp3) is 0.364. The van der Waals surface area contributed by atoms with Crippen LogP contribution in [-0.2, 0) is 6.61 Å². The molecule has 0 saturated carbocycles. The standard InChI is InChI=1S/C11H13BrN4OS/c1-2-3-14-11-16-15-10(18-11)7-17-9-4-8(12)5-13-6-9/h4-6H,2-3,7H2,1H3,(H,14,16). The maximum atomic E-state index is 5.58. The van der Waals surface area contributed by atoms with Crippen molar-refractivity contribution < 1.29 is 4.74 Å². The molecule has 96 valence electrons. The Morgan fingerprint density at radius 1 is 1.39 bits per heavy atom. The lowest BCUT2D eigenvalue weighted by atomic mass is 10.5. The predicted molar refractivity (Wildman–Crippen MR) is 75.0 cm³/mol. The van der Waals surface area contributed by atoms with Gasteiger partial charge in [-0.1, -0.05) is 18.3 Å². The quantitative estimate of drug-likeness (QED) is 0.882. The Morgan fingerprint density at radius 2 is 2.28 bits per heavy atom. The molecule has 0 aliphatic heterocycles. The van der Waals surface area contributed by atoms with Gasteiger partial charge >= 0.3 is 0 Å². The summed E-state index contributed by atoms with van der Waals surface area (Å²) in [4.78, 5) is 4.03. The SMILES string of the molecule is CCCNc1nnc(COc2cncc(Br)c2)s1. The normalized spacial score (nSPS) is 10.3. The zero-order valence-electron chi connectivity index (χ0n) is 9.89. The van der Waals surface area contributed by atoms with Gasteiger partial charge in [-0.15, -0.1) is 10.2 Å². The van der Waals surface area contributed by atoms with Crippen LogP contribution in [0.15, 0.2) is 22.9 Å². The molecule has 18 heavy (non-hydrogen) atoms. The number of nitrogens with one attached hydrogen (secondary N) is 1. The lowest BCUT2D eigenvalue weighted by Gasteiger charge is -2.02. The molecular weight excluding hydrogens is 316 g/mol. The number of hydrogen-bond acceptors (Lipinski definition) is 6. The summed E-state index contributed by atoms with van der Waals surface area (Å²) in [6.07, 6.45) is 4.45. The van der Waals surface area contributed by atoms with Crippen molar-refractivity contribution in [2.45, 2.75) is 20.0 Å². The zero-order chi connectivity index (χ0) is 12.8. The molecule has 0 bridgehead atoms. The average Bonchev–Trinajstić information content (AvgIpc) is 2.82. The molecule has 0 unspecified atom stereocenters. The van der Waals surface area contributed by atoms with Crippen LogP contribution in [0.5, 0.6) is 5.75 Å². The summed E-state index contributed by atoms with van der Waals surface area (Å²) in [5, 5.41) is 13.0. The van der Waals surface area contributed by atoms with Crippen LogP contribution in [0.4, 0.5) is 5.13 Å². The number of hydrogen-bond donors (Lipinski definition) is 1. The highest BCUT2D eigenvalue weighted by Crippen LogP contribution is 2.19. The molecule has 2 aromatic heterocycles. The first-order valence-electron chi connectivity index (χ1n) is 5.57. The van der Waals surface area contributed by atoms with Crippen molar-refractivity contribution in [3.8, 4) is 5.75 Å². The summed E-state index contributed by atoms with van der Waals surface area (Å²) in [6.45, 7) is 3.42. The minimum absolute atomic E-state index is 0.406. The van der Waals surface area contributed by atoms with Gasteiger partial charge in [0.25, 0.3) is 0 Å². The third-order valence-electron chi connectivity index (χ3n) is 2.04. The third kappa shape index (κ3) is 3.92. The van der Waals surface area contributed by atoms with Gasteiger partial charge in [0.15, 0.2) is 5.01 Å². The molecule has 2 rings (SSSR count). The van der Waals surface area contributed by atoms with Crippen LogP contribution >= 0.6 is 27.3 Å². The fourth-order valence-corrected chi connectivity index (χ4v) is 2.25. The van der Waals surface area contributed by atoms with Crippen molar-refractivity contribution in [3.63, 3.8) is 0 Å². The molecule has 2 heterocycles. The first-order valence-corrected chi connectivity index (χ1v) is 7.18. The Morgan fingerprint density at radius 3 is 3.06 bits per heavy atom. The molecule has 5 nitrogen and oxygen atoms in total. The largest absolute Gasteiger partial charge is 0.485 e. The molecule has 0 aromatic carbocycles. The molecule has 0 radical (unpaired) electrons. The van der Waals surface area contributed by atoms with E-state index in [1.807, 2.05) is 6.07 Å². The molecule has 1 N–H and O–H groups in total. The molecular formula is C11H13BrN4OS. The van der Waals surface area contributed by atoms with E-state index in [9.17, 15) is 0 Å². The van der Waals surface area contributed by atoms with E-state index in [0.717, 1.165) is 27.6 Å². The second-order valence-electron chi connectivity index (χ2n) is 3.56. The number of ether oxygens (including phenoxy) is 1. The number of rotatable bonds is 6. The van der Waals surface area contributed by atoms with Crippen LogP contribution < -0.4 is 10.1 Å². The number of nitrogens with zero attached hydrogens (tertiary/aromatic N) is 3. The number of pyridine rings is 1. The summed E-state index contributed by atoms with van der Waals surface area (Å²) >= 11 is 4.85. The topological polar surface area (TPSA) is 59.9 Å². The average molecular weight is 329 g/mol. The Kier molecular flexibility index (Phi) is 4.89. The summed E-state index contributed by atoms with van der Waals surface area (Å²) in [5.41, 5.74) is 0. The summed E-state index contributed by atoms with van der Waals surface area (Å²) < 4.78 is 6.47. The highest BCUT2D eigenvalue weighted by molar-refractivity contribution is 9.10. The van der Waals surface area contributed by atoms with Gasteiger partial charge in [0.05, 0.1) is 6.20 Å². The van der Waals surface area contributed by atoms with Crippen molar-refractivity contribution in [3.05, 3.63) is 27.9 Å². The van der Waals surface area contributed by atoms with Crippen molar-refractivity contribution in [1.82, 2.24) is 15.2 Å². The highest BCUT2D eigenvalue weighted by atomic mass is 79.9. The van der Waals surface area contributed by atoms with Crippen molar-refractivity contribution in [2.75, 3.05) is 11.9 Å². The van der Waals surface area contributed by atoms with Crippen molar-refractivity contribution in [2.24, 2.45) is 0 Å². The van der Waals surface area contributed by atoms with Gasteiger partial charge in [0.2, 0.25) is 5.13 Å². The zero-order valence-corrected chi connectivity index (χ0v) is 12.3. The third-order valence-corrected chi connectivity index (χ3v) is 3.32. The van der Waals surface area contributed by atoms with Crippen molar-refractivity contribution in [1.29, 1.82) is 0 Å². The van der Waals surface area contributed by atoms with Crippen LogP contribution in [0, 0.1) is 0 Å². The number of halogens is 1. The maximum absolute atomic E-state index is 5.58. The lowest BCUT2D eigenvalue weighted by Crippen LogP contribution is -1.98. The van der Waals surface area contributed by atoms with Gasteiger partial charge < -0.3 is 10.1 Å². The molecule has 0 aliphatic rings. The van der Waals surface area contributed by atoms with Crippen LogP contribution in [-0.4, -0.2) is 21.7 Å². The van der Waals surface area contributed by atoms with Crippen LogP contribution in [0.25, 0.3) is 0 Å². The molecule has 7 heteroatoms. The molecule has 0 saturated heterocycles. The van der Waals surface area contributed by atoms with E-state index in [1.54, 1.807) is 12.4 Å². The molecule has 0 spiro atoms. The van der Waals surface area contributed by atoms with Gasteiger partial charge in [-0.25, -0.2) is 0 Å². The van der Waals surface area contributed by atoms with Gasteiger partial charge in [0.1, 0.15) is 12.4 Å². The van der Waals surface area contributed by atoms with Gasteiger partial charge in [0, 0.05) is 17.2 Å². The van der Waals surface area contributed by atoms with Gasteiger partial charge in [-0.05, 0) is 28.4 Å². The minimum atomic E-state index is 0.406. The lowest BCUT2D eigenvalue weighted by molar-refractivity contribution is 0.303. The Labute approximate surface area is 118 Å². The predicted octanol–water partition coefficient (Wildman–Crippen LogP) is 3.10. The van der Waals surface area contributed by atoms with Crippen molar-refractivity contribution >= 4 is 32.4 Å². The summed E-state index contributed by atoms with van der Waals surface area (Å²) in [5.74, 6) is 0.711. The first kappa shape index (κ1) is 13.2. The molecule has 0 aliphatic carbocycles. The van der Waals surface area contributed by atoms with Crippen LogP contribution in [0.3, 0.4) is 0 Å². The Bertz CT molecular complexity index is 505. The molecule has 0 atom stereocenters. The monoisotopic (exact) mass is 328 g/mol. The van der Waals surface area contributed by atoms with E-state index in [0.29, 0.717) is 12.4 Å². The first-order chi connectivity index (χ1) is 8.78. The van der Waals surface area contributed by atoms with Crippen LogP contribution in [0.1, 0.15) is 18.4 Å². The van der Waals surface area contributed by atoms with E-state index in [1.165, 1.54) is 11.3 Å². The summed E-state index contributed by atoms with van der Waals surface area (Å²) in [7, 11) is 0. The van der Waals surface area contributed by atoms with E-state index in [2.05, 4.69) is 43.4 Å². The van der Waals surface area contributed by atoms with E-state index in [-0.39, 0.29) is 0 Å². The molecule has 0 amide bonds. The maximum Gasteiger partial charge on any atom is 0.205 e. The minimum Gasteiger partial charge on any atom is -0.485 e. The van der Waals surface area contributed by atoms with Gasteiger partial charge in [-0.2, -0.15) is 0 Å². The van der Waals surface area contributed by atoms with Gasteiger partial charge in [-0.3, -0.25) is 4.98 Å². The van der Waals surface area contributed by atoms with E-state index >= 15 is 0 Å². The van der Waals surface area contributed by atoms with Crippen LogP contribution in [0.2, 0.25) is 0 Å². The van der Waals surface area contributed by atoms with E-state index < -0.39 is 0 Å². The highest BCUT2D eigenvalue weighted by Gasteiger charge is 2.04. The summed E-state index contributed by atoms with van der Waals surface area (Å²) in [6, 6.07) is 1.87. The molecule has 2 aromatic rings. The Balaban J connectivity index is 1.88. The smallest absolute Gasteiger partial charge is 0.205 e. The van der Waals surface area contributed by atoms with E-state index in [4.69, 9.17) is 4.74 Å². The number of anilines is 1. The number of aromatic nitrogens is 3. The molecule has 0 fully saturated rings. The second-order valence-corrected chi connectivity index (χ2v) is 5.53. The second kappa shape index (κ2) is 6.65. The Hall–Kier alpha value is -1.21.